The Morgan fingerprint density at radius 3 is 2.62 bits per heavy atom. The van der Waals surface area contributed by atoms with Gasteiger partial charge in [-0.3, -0.25) is 4.53 Å². The van der Waals surface area contributed by atoms with Crippen LogP contribution in [0, 0.1) is 5.92 Å². The highest BCUT2D eigenvalue weighted by molar-refractivity contribution is 6.36. The molecule has 0 aromatic rings. The molecule has 1 aliphatic rings. The van der Waals surface area contributed by atoms with Gasteiger partial charge in [-0.1, -0.05) is 26.7 Å². The van der Waals surface area contributed by atoms with Gasteiger partial charge in [0.2, 0.25) is 0 Å². The second kappa shape index (κ2) is 13.6. The van der Waals surface area contributed by atoms with Gasteiger partial charge in [0, 0.05) is 19.8 Å². The van der Waals surface area contributed by atoms with Crippen LogP contribution in [0.5, 0.6) is 0 Å². The van der Waals surface area contributed by atoms with E-state index in [4.69, 9.17) is 22.9 Å². The molecule has 21 heavy (non-hydrogen) atoms. The van der Waals surface area contributed by atoms with Crippen LogP contribution in [0.4, 0.5) is 0 Å². The highest BCUT2D eigenvalue weighted by Crippen LogP contribution is 2.10. The van der Waals surface area contributed by atoms with Gasteiger partial charge in [-0.2, -0.15) is 0 Å². The zero-order valence-electron chi connectivity index (χ0n) is 13.5. The summed E-state index contributed by atoms with van der Waals surface area (Å²) in [5, 5.41) is 0. The van der Waals surface area contributed by atoms with Crippen LogP contribution in [0.15, 0.2) is 0 Å². The molecule has 6 nitrogen and oxygen atoms in total. The number of rotatable bonds is 11. The van der Waals surface area contributed by atoms with E-state index in [1.54, 1.807) is 0 Å². The van der Waals surface area contributed by atoms with Crippen molar-refractivity contribution in [1.82, 2.24) is 5.48 Å². The maximum atomic E-state index is 5.64. The maximum absolute atomic E-state index is 5.64. The smallest absolute Gasteiger partial charge is 0.379 e. The van der Waals surface area contributed by atoms with Crippen molar-refractivity contribution in [2.45, 2.75) is 39.5 Å². The van der Waals surface area contributed by atoms with E-state index < -0.39 is 9.53 Å². The SMILES string of the molecule is CCCCOCCOCCO[SiH]1OCCC(CC)CNO1. The largest absolute Gasteiger partial charge is 0.501 e. The van der Waals surface area contributed by atoms with Gasteiger partial charge in [0.1, 0.15) is 0 Å². The number of ether oxygens (including phenoxy) is 2. The summed E-state index contributed by atoms with van der Waals surface area (Å²) in [4.78, 5) is 0. The average Bonchev–Trinajstić information content (AvgIpc) is 2.47. The Kier molecular flexibility index (Phi) is 12.3. The Morgan fingerprint density at radius 1 is 1.10 bits per heavy atom. The van der Waals surface area contributed by atoms with Gasteiger partial charge in [-0.25, -0.2) is 5.48 Å². The van der Waals surface area contributed by atoms with Crippen LogP contribution in [0.3, 0.4) is 0 Å². The standard InChI is InChI=1S/C14H31NO5Si/c1-3-5-7-16-9-10-17-11-12-19-21-18-8-6-14(4-2)13-15-20-21/h14-15,21H,3-13H2,1-2H3. The van der Waals surface area contributed by atoms with Crippen molar-refractivity contribution >= 4 is 9.53 Å². The minimum Gasteiger partial charge on any atom is -0.379 e. The second-order valence-corrected chi connectivity index (χ2v) is 6.62. The molecule has 0 aliphatic carbocycles. The van der Waals surface area contributed by atoms with Gasteiger partial charge < -0.3 is 18.3 Å². The molecule has 2 atom stereocenters. The van der Waals surface area contributed by atoms with Crippen molar-refractivity contribution in [1.29, 1.82) is 0 Å². The molecule has 1 fully saturated rings. The summed E-state index contributed by atoms with van der Waals surface area (Å²) in [5.74, 6) is 0.621. The van der Waals surface area contributed by atoms with Crippen LogP contribution in [0.25, 0.3) is 0 Å². The molecule has 1 N–H and O–H groups in total. The molecule has 1 aliphatic heterocycles. The minimum atomic E-state index is -2.04. The molecule has 0 aromatic carbocycles. The molecular weight excluding hydrogens is 290 g/mol. The lowest BCUT2D eigenvalue weighted by molar-refractivity contribution is -0.000503. The highest BCUT2D eigenvalue weighted by Gasteiger charge is 2.20. The van der Waals surface area contributed by atoms with E-state index in [0.717, 1.165) is 45.4 Å². The molecule has 126 valence electrons. The summed E-state index contributed by atoms with van der Waals surface area (Å²) in [5.41, 5.74) is 2.97. The lowest BCUT2D eigenvalue weighted by Gasteiger charge is -2.23. The first kappa shape index (κ1) is 19.0. The molecule has 0 saturated carbocycles. The van der Waals surface area contributed by atoms with Gasteiger partial charge in [0.05, 0.1) is 26.4 Å². The van der Waals surface area contributed by atoms with Crippen molar-refractivity contribution in [3.8, 4) is 0 Å². The van der Waals surface area contributed by atoms with Gasteiger partial charge in [-0.15, -0.1) is 0 Å². The third-order valence-electron chi connectivity index (χ3n) is 3.40. The average molecular weight is 321 g/mol. The van der Waals surface area contributed by atoms with Crippen LogP contribution >= 0.6 is 0 Å². The molecule has 1 rings (SSSR count). The van der Waals surface area contributed by atoms with Crippen LogP contribution in [-0.4, -0.2) is 55.7 Å². The number of unbranched alkanes of at least 4 members (excludes halogenated alkanes) is 1. The Hall–Kier alpha value is -0.0231. The first-order valence-electron chi connectivity index (χ1n) is 8.14. The second-order valence-electron chi connectivity index (χ2n) is 5.14. The monoisotopic (exact) mass is 321 g/mol. The summed E-state index contributed by atoms with van der Waals surface area (Å²) in [7, 11) is -2.04. The predicted octanol–water partition coefficient (Wildman–Crippen LogP) is 1.52. The Labute approximate surface area is 130 Å². The number of hydrogen-bond donors (Lipinski definition) is 1. The third-order valence-corrected chi connectivity index (χ3v) is 4.78. The molecule has 0 spiro atoms. The van der Waals surface area contributed by atoms with E-state index in [-0.39, 0.29) is 0 Å². The third kappa shape index (κ3) is 10.3. The van der Waals surface area contributed by atoms with E-state index in [0.29, 0.717) is 32.3 Å². The van der Waals surface area contributed by atoms with Crippen molar-refractivity contribution in [2.75, 3.05) is 46.2 Å². The summed E-state index contributed by atoms with van der Waals surface area (Å²) in [6, 6.07) is 0. The lowest BCUT2D eigenvalue weighted by Crippen LogP contribution is -2.39. The number of hydroxylamine groups is 1. The Balaban J connectivity index is 1.90. The zero-order chi connectivity index (χ0) is 15.2. The summed E-state index contributed by atoms with van der Waals surface area (Å²) in [6.07, 6.45) is 4.47. The fourth-order valence-electron chi connectivity index (χ4n) is 1.90. The molecule has 2 unspecified atom stereocenters. The van der Waals surface area contributed by atoms with Crippen molar-refractivity contribution in [3.05, 3.63) is 0 Å². The fourth-order valence-corrected chi connectivity index (χ4v) is 2.99. The Morgan fingerprint density at radius 2 is 1.86 bits per heavy atom. The van der Waals surface area contributed by atoms with Gasteiger partial charge >= 0.3 is 9.53 Å². The van der Waals surface area contributed by atoms with E-state index in [9.17, 15) is 0 Å². The molecule has 7 heteroatoms. The number of nitrogens with one attached hydrogen (secondary N) is 1. The highest BCUT2D eigenvalue weighted by atomic mass is 28.3. The van der Waals surface area contributed by atoms with E-state index in [1.165, 1.54) is 0 Å². The van der Waals surface area contributed by atoms with Crippen molar-refractivity contribution in [2.24, 2.45) is 5.92 Å². The predicted molar refractivity (Wildman–Crippen MR) is 83.1 cm³/mol. The van der Waals surface area contributed by atoms with Crippen LogP contribution in [-0.2, 0) is 22.9 Å². The zero-order valence-corrected chi connectivity index (χ0v) is 14.6. The topological polar surface area (TPSA) is 58.2 Å². The van der Waals surface area contributed by atoms with Gasteiger partial charge in [-0.05, 0) is 18.8 Å². The van der Waals surface area contributed by atoms with Crippen LogP contribution in [0.2, 0.25) is 0 Å². The van der Waals surface area contributed by atoms with Crippen LogP contribution in [0.1, 0.15) is 39.5 Å². The summed E-state index contributed by atoms with van der Waals surface area (Å²) >= 11 is 0. The number of hydrogen-bond acceptors (Lipinski definition) is 6. The van der Waals surface area contributed by atoms with Crippen LogP contribution < -0.4 is 5.48 Å². The van der Waals surface area contributed by atoms with E-state index in [1.807, 2.05) is 0 Å². The normalized spacial score (nSPS) is 23.7. The Bertz CT molecular complexity index is 225. The molecule has 1 saturated heterocycles. The molecule has 0 radical (unpaired) electrons. The molecule has 0 aromatic heterocycles. The van der Waals surface area contributed by atoms with Gasteiger partial charge in [0.25, 0.3) is 0 Å². The molecule has 1 heterocycles. The fraction of sp³-hybridized carbons (Fsp3) is 1.00. The minimum absolute atomic E-state index is 0.505. The quantitative estimate of drug-likeness (QED) is 0.460. The van der Waals surface area contributed by atoms with Crippen molar-refractivity contribution in [3.63, 3.8) is 0 Å². The van der Waals surface area contributed by atoms with Gasteiger partial charge in [0.15, 0.2) is 0 Å². The summed E-state index contributed by atoms with van der Waals surface area (Å²) < 4.78 is 27.5. The van der Waals surface area contributed by atoms with E-state index in [2.05, 4.69) is 19.3 Å². The lowest BCUT2D eigenvalue weighted by atomic mass is 10.0. The molecule has 0 bridgehead atoms. The summed E-state index contributed by atoms with van der Waals surface area (Å²) in [6.45, 7) is 9.06. The molecular formula is C14H31NO5Si. The first-order chi connectivity index (χ1) is 10.4. The van der Waals surface area contributed by atoms with Crippen molar-refractivity contribution < 1.29 is 22.9 Å². The first-order valence-corrected chi connectivity index (χ1v) is 9.55. The maximum Gasteiger partial charge on any atom is 0.501 e. The molecule has 0 amide bonds. The van der Waals surface area contributed by atoms with E-state index >= 15 is 0 Å².